The molecule has 0 saturated carbocycles. The van der Waals surface area contributed by atoms with Crippen LogP contribution in [0.2, 0.25) is 0 Å². The van der Waals surface area contributed by atoms with Gasteiger partial charge in [0.15, 0.2) is 5.75 Å². The van der Waals surface area contributed by atoms with E-state index in [1.165, 1.54) is 6.07 Å². The van der Waals surface area contributed by atoms with E-state index in [0.29, 0.717) is 5.56 Å². The van der Waals surface area contributed by atoms with Gasteiger partial charge in [0.25, 0.3) is 5.91 Å². The molecule has 1 N–H and O–H groups in total. The van der Waals surface area contributed by atoms with Crippen LogP contribution in [-0.4, -0.2) is 11.9 Å². The van der Waals surface area contributed by atoms with E-state index < -0.39 is 17.8 Å². The summed E-state index contributed by atoms with van der Waals surface area (Å²) >= 11 is 0. The smallest absolute Gasteiger partial charge is 0.340 e. The van der Waals surface area contributed by atoms with E-state index >= 15 is 0 Å². The molecule has 77 valence electrons. The first-order chi connectivity index (χ1) is 7.18. The summed E-state index contributed by atoms with van der Waals surface area (Å²) in [6.07, 6.45) is 0.0876. The van der Waals surface area contributed by atoms with Gasteiger partial charge in [-0.25, -0.2) is 4.79 Å². The first-order valence-electron chi connectivity index (χ1n) is 4.44. The standard InChI is InChI=1S/C10H8NO4/c12-8-4-2-1-3-6(8)5-7-9(13)11-15-10(7)14/h1-4,7H,5H2,(H,11,13). The van der Waals surface area contributed by atoms with Crippen LogP contribution in [0.4, 0.5) is 0 Å². The van der Waals surface area contributed by atoms with E-state index in [-0.39, 0.29) is 12.2 Å². The maximum Gasteiger partial charge on any atom is 0.345 e. The largest absolute Gasteiger partial charge is 0.345 e. The zero-order valence-corrected chi connectivity index (χ0v) is 7.73. The molecule has 1 atom stereocenters. The summed E-state index contributed by atoms with van der Waals surface area (Å²) in [6.45, 7) is 0. The molecule has 1 fully saturated rings. The number of carbonyl (C=O) groups is 2. The SMILES string of the molecule is [O]c1ccccc1CC1C(=O)NOC1=O. The van der Waals surface area contributed by atoms with Crippen molar-refractivity contribution in [1.82, 2.24) is 5.48 Å². The highest BCUT2D eigenvalue weighted by molar-refractivity contribution is 6.01. The van der Waals surface area contributed by atoms with Gasteiger partial charge in [0.05, 0.1) is 0 Å². The molecule has 1 unspecified atom stereocenters. The van der Waals surface area contributed by atoms with Crippen LogP contribution in [0.5, 0.6) is 5.75 Å². The molecule has 2 rings (SSSR count). The average Bonchev–Trinajstić information content (AvgIpc) is 2.53. The topological polar surface area (TPSA) is 75.3 Å². The molecule has 0 spiro atoms. The van der Waals surface area contributed by atoms with Crippen LogP contribution >= 0.6 is 0 Å². The second-order valence-electron chi connectivity index (χ2n) is 3.25. The van der Waals surface area contributed by atoms with Gasteiger partial charge >= 0.3 is 5.97 Å². The first kappa shape index (κ1) is 9.51. The molecular weight excluding hydrogens is 198 g/mol. The number of para-hydroxylation sites is 1. The van der Waals surface area contributed by atoms with Crippen molar-refractivity contribution in [3.05, 3.63) is 29.8 Å². The summed E-state index contributed by atoms with van der Waals surface area (Å²) in [6, 6.07) is 6.29. The second kappa shape index (κ2) is 3.61. The Kier molecular flexibility index (Phi) is 2.29. The van der Waals surface area contributed by atoms with Gasteiger partial charge in [-0.3, -0.25) is 9.90 Å². The predicted molar refractivity (Wildman–Crippen MR) is 48.0 cm³/mol. The molecule has 1 radical (unpaired) electrons. The number of benzene rings is 1. The molecule has 1 aromatic carbocycles. The third-order valence-corrected chi connectivity index (χ3v) is 2.25. The molecule has 1 aliphatic heterocycles. The lowest BCUT2D eigenvalue weighted by Crippen LogP contribution is -2.21. The highest BCUT2D eigenvalue weighted by Crippen LogP contribution is 2.22. The molecule has 0 bridgehead atoms. The van der Waals surface area contributed by atoms with Gasteiger partial charge in [-0.1, -0.05) is 18.2 Å². The Morgan fingerprint density at radius 2 is 2.00 bits per heavy atom. The zero-order valence-electron chi connectivity index (χ0n) is 7.73. The number of carbonyl (C=O) groups excluding carboxylic acids is 2. The third-order valence-electron chi connectivity index (χ3n) is 2.25. The minimum absolute atomic E-state index is 0.0876. The van der Waals surface area contributed by atoms with E-state index in [2.05, 4.69) is 4.84 Å². The van der Waals surface area contributed by atoms with Crippen molar-refractivity contribution in [1.29, 1.82) is 0 Å². The number of hydrogen-bond acceptors (Lipinski definition) is 3. The van der Waals surface area contributed by atoms with E-state index in [9.17, 15) is 14.7 Å². The molecule has 1 saturated heterocycles. The van der Waals surface area contributed by atoms with Crippen LogP contribution < -0.4 is 5.48 Å². The predicted octanol–water partition coefficient (Wildman–Crippen LogP) is 0.577. The average molecular weight is 206 g/mol. The van der Waals surface area contributed by atoms with E-state index in [1.54, 1.807) is 18.2 Å². The Bertz CT molecular complexity index is 400. The quantitative estimate of drug-likeness (QED) is 0.719. The van der Waals surface area contributed by atoms with Gasteiger partial charge in [0, 0.05) is 5.56 Å². The number of hydroxylamine groups is 1. The number of amides is 1. The van der Waals surface area contributed by atoms with Crippen molar-refractivity contribution >= 4 is 11.9 Å². The number of rotatable bonds is 2. The molecule has 1 aliphatic rings. The van der Waals surface area contributed by atoms with Gasteiger partial charge in [0.1, 0.15) is 5.92 Å². The summed E-state index contributed by atoms with van der Waals surface area (Å²) in [5.74, 6) is -2.21. The van der Waals surface area contributed by atoms with Gasteiger partial charge in [0.2, 0.25) is 0 Å². The summed E-state index contributed by atoms with van der Waals surface area (Å²) in [5.41, 5.74) is 2.41. The minimum Gasteiger partial charge on any atom is -0.340 e. The van der Waals surface area contributed by atoms with E-state index in [1.807, 2.05) is 5.48 Å². The summed E-state index contributed by atoms with van der Waals surface area (Å²) < 4.78 is 0. The Hall–Kier alpha value is -2.04. The van der Waals surface area contributed by atoms with Crippen LogP contribution in [0.1, 0.15) is 5.56 Å². The highest BCUT2D eigenvalue weighted by Gasteiger charge is 2.36. The summed E-state index contributed by atoms with van der Waals surface area (Å²) in [7, 11) is 0. The summed E-state index contributed by atoms with van der Waals surface area (Å²) in [4.78, 5) is 26.6. The van der Waals surface area contributed by atoms with Crippen molar-refractivity contribution in [3.63, 3.8) is 0 Å². The highest BCUT2D eigenvalue weighted by atomic mass is 16.7. The summed E-state index contributed by atoms with van der Waals surface area (Å²) in [5, 5.41) is 11.3. The molecule has 5 heteroatoms. The number of nitrogens with one attached hydrogen (secondary N) is 1. The fraction of sp³-hybridized carbons (Fsp3) is 0.200. The molecule has 15 heavy (non-hydrogen) atoms. The van der Waals surface area contributed by atoms with E-state index in [0.717, 1.165) is 0 Å². The normalized spacial score (nSPS) is 19.9. The molecule has 1 aromatic rings. The van der Waals surface area contributed by atoms with Crippen molar-refractivity contribution in [2.24, 2.45) is 5.92 Å². The van der Waals surface area contributed by atoms with Crippen LogP contribution in [0, 0.1) is 5.92 Å². The maximum atomic E-state index is 11.3. The fourth-order valence-corrected chi connectivity index (χ4v) is 1.42. The second-order valence-corrected chi connectivity index (χ2v) is 3.25. The lowest BCUT2D eigenvalue weighted by Gasteiger charge is -2.03. The van der Waals surface area contributed by atoms with Gasteiger partial charge in [-0.15, -0.1) is 0 Å². The maximum absolute atomic E-state index is 11.3. The van der Waals surface area contributed by atoms with Crippen molar-refractivity contribution < 1.29 is 19.5 Å². The fourth-order valence-electron chi connectivity index (χ4n) is 1.42. The van der Waals surface area contributed by atoms with Crippen molar-refractivity contribution in [2.45, 2.75) is 6.42 Å². The molecule has 1 amide bonds. The molecule has 1 heterocycles. The zero-order chi connectivity index (χ0) is 10.8. The van der Waals surface area contributed by atoms with Gasteiger partial charge in [-0.2, -0.15) is 5.48 Å². The Balaban J connectivity index is 2.18. The monoisotopic (exact) mass is 206 g/mol. The number of hydrogen-bond donors (Lipinski definition) is 1. The van der Waals surface area contributed by atoms with E-state index in [4.69, 9.17) is 0 Å². The molecule has 5 nitrogen and oxygen atoms in total. The molecular formula is C10H8NO4. The van der Waals surface area contributed by atoms with Gasteiger partial charge < -0.3 is 4.84 Å². The van der Waals surface area contributed by atoms with Crippen LogP contribution in [0.15, 0.2) is 24.3 Å². The van der Waals surface area contributed by atoms with Crippen LogP contribution in [-0.2, 0) is 26.0 Å². The Labute approximate surface area is 85.6 Å². The lowest BCUT2D eigenvalue weighted by atomic mass is 9.99. The lowest BCUT2D eigenvalue weighted by molar-refractivity contribution is -0.146. The van der Waals surface area contributed by atoms with Gasteiger partial charge in [-0.05, 0) is 12.5 Å². The van der Waals surface area contributed by atoms with Crippen LogP contribution in [0.3, 0.4) is 0 Å². The Morgan fingerprint density at radius 1 is 1.27 bits per heavy atom. The minimum atomic E-state index is -0.903. The molecule has 0 aliphatic carbocycles. The van der Waals surface area contributed by atoms with Crippen molar-refractivity contribution in [2.75, 3.05) is 0 Å². The third kappa shape index (κ3) is 1.76. The van der Waals surface area contributed by atoms with Crippen molar-refractivity contribution in [3.8, 4) is 5.75 Å². The first-order valence-corrected chi connectivity index (χ1v) is 4.44. The molecule has 0 aromatic heterocycles. The van der Waals surface area contributed by atoms with Crippen LogP contribution in [0.25, 0.3) is 0 Å². The Morgan fingerprint density at radius 3 is 2.60 bits per heavy atom.